The first-order chi connectivity index (χ1) is 16.1. The summed E-state index contributed by atoms with van der Waals surface area (Å²) in [6.45, 7) is 2.25. The fourth-order valence-electron chi connectivity index (χ4n) is 4.44. The molecule has 4 aromatic rings. The predicted octanol–water partition coefficient (Wildman–Crippen LogP) is 4.72. The van der Waals surface area contributed by atoms with Gasteiger partial charge in [-0.15, -0.1) is 0 Å². The summed E-state index contributed by atoms with van der Waals surface area (Å²) in [7, 11) is -3.44. The van der Waals surface area contributed by atoms with Crippen LogP contribution in [0.2, 0.25) is 0 Å². The fraction of sp³-hybridized carbons (Fsp3) is 0.269. The summed E-state index contributed by atoms with van der Waals surface area (Å²) in [5.41, 5.74) is 2.04. The monoisotopic (exact) mass is 461 g/mol. The molecule has 33 heavy (non-hydrogen) atoms. The number of rotatable bonds is 7. The highest BCUT2D eigenvalue weighted by atomic mass is 32.2. The van der Waals surface area contributed by atoms with Crippen LogP contribution in [0, 0.1) is 5.92 Å². The third-order valence-corrected chi connectivity index (χ3v) is 8.15. The molecule has 0 bridgehead atoms. The van der Waals surface area contributed by atoms with Gasteiger partial charge in [-0.1, -0.05) is 48.5 Å². The summed E-state index contributed by atoms with van der Waals surface area (Å²) in [6.07, 6.45) is 1.63. The smallest absolute Gasteiger partial charge is 0.243 e. The molecule has 0 atom stereocenters. The average molecular weight is 462 g/mol. The van der Waals surface area contributed by atoms with Gasteiger partial charge < -0.3 is 9.30 Å². The van der Waals surface area contributed by atoms with E-state index >= 15 is 0 Å². The van der Waals surface area contributed by atoms with Crippen molar-refractivity contribution in [2.45, 2.75) is 30.9 Å². The van der Waals surface area contributed by atoms with Crippen LogP contribution in [0.1, 0.15) is 18.7 Å². The summed E-state index contributed by atoms with van der Waals surface area (Å²) < 4.78 is 35.8. The highest BCUT2D eigenvalue weighted by molar-refractivity contribution is 7.89. The van der Waals surface area contributed by atoms with E-state index < -0.39 is 10.0 Å². The second-order valence-corrected chi connectivity index (χ2v) is 10.3. The van der Waals surface area contributed by atoms with Crippen LogP contribution in [0.5, 0.6) is 5.75 Å². The van der Waals surface area contributed by atoms with E-state index in [9.17, 15) is 8.42 Å². The molecule has 1 aliphatic rings. The molecule has 0 unspecified atom stereocenters. The maximum atomic E-state index is 13.0. The Labute approximate surface area is 194 Å². The van der Waals surface area contributed by atoms with Crippen LogP contribution in [-0.2, 0) is 23.2 Å². The van der Waals surface area contributed by atoms with Crippen LogP contribution in [0.4, 0.5) is 0 Å². The van der Waals surface area contributed by atoms with Gasteiger partial charge in [0, 0.05) is 19.6 Å². The van der Waals surface area contributed by atoms with E-state index in [2.05, 4.69) is 10.6 Å². The van der Waals surface area contributed by atoms with Gasteiger partial charge in [0.1, 0.15) is 18.2 Å². The van der Waals surface area contributed by atoms with Gasteiger partial charge in [0.15, 0.2) is 0 Å². The van der Waals surface area contributed by atoms with Gasteiger partial charge in [-0.2, -0.15) is 4.31 Å². The van der Waals surface area contributed by atoms with Crippen molar-refractivity contribution in [3.63, 3.8) is 0 Å². The lowest BCUT2D eigenvalue weighted by molar-refractivity contribution is 0.244. The molecule has 3 aromatic carbocycles. The molecule has 1 aliphatic heterocycles. The maximum Gasteiger partial charge on any atom is 0.243 e. The van der Waals surface area contributed by atoms with Gasteiger partial charge in [-0.25, -0.2) is 13.4 Å². The summed E-state index contributed by atoms with van der Waals surface area (Å²) in [5.74, 6) is 2.08. The standard InChI is InChI=1S/C26H27N3O3S/c30-33(31,23-11-5-2-6-12-23)28-17-15-21(16-18-28)19-29-25-14-8-7-13-24(25)27-26(29)20-32-22-9-3-1-4-10-22/h1-14,21H,15-20H2. The van der Waals surface area contributed by atoms with Crippen LogP contribution < -0.4 is 4.74 Å². The lowest BCUT2D eigenvalue weighted by Crippen LogP contribution is -2.39. The number of piperidine rings is 1. The molecule has 7 heteroatoms. The first-order valence-corrected chi connectivity index (χ1v) is 12.7. The van der Waals surface area contributed by atoms with Crippen LogP contribution in [0.25, 0.3) is 11.0 Å². The van der Waals surface area contributed by atoms with Gasteiger partial charge in [0.2, 0.25) is 10.0 Å². The van der Waals surface area contributed by atoms with Gasteiger partial charge in [0.25, 0.3) is 0 Å². The second kappa shape index (κ2) is 9.37. The normalized spacial score (nSPS) is 15.6. The number of benzene rings is 3. The molecular weight excluding hydrogens is 434 g/mol. The van der Waals surface area contributed by atoms with Crippen molar-refractivity contribution in [3.8, 4) is 5.75 Å². The third-order valence-electron chi connectivity index (χ3n) is 6.24. The zero-order valence-electron chi connectivity index (χ0n) is 18.4. The number of imidazole rings is 1. The second-order valence-electron chi connectivity index (χ2n) is 8.39. The highest BCUT2D eigenvalue weighted by Crippen LogP contribution is 2.27. The van der Waals surface area contributed by atoms with E-state index in [1.807, 2.05) is 54.6 Å². The van der Waals surface area contributed by atoms with E-state index in [0.717, 1.165) is 42.0 Å². The van der Waals surface area contributed by atoms with Gasteiger partial charge >= 0.3 is 0 Å². The molecule has 0 N–H and O–H groups in total. The van der Waals surface area contributed by atoms with Crippen molar-refractivity contribution in [1.29, 1.82) is 0 Å². The molecule has 1 saturated heterocycles. The number of nitrogens with zero attached hydrogens (tertiary/aromatic N) is 3. The van der Waals surface area contributed by atoms with Crippen molar-refractivity contribution in [2.75, 3.05) is 13.1 Å². The van der Waals surface area contributed by atoms with E-state index in [1.165, 1.54) is 0 Å². The molecule has 0 saturated carbocycles. The fourth-order valence-corrected chi connectivity index (χ4v) is 5.93. The Balaban J connectivity index is 1.30. The third kappa shape index (κ3) is 4.65. The van der Waals surface area contributed by atoms with Crippen molar-refractivity contribution in [3.05, 3.63) is 90.8 Å². The number of ether oxygens (including phenoxy) is 1. The Morgan fingerprint density at radius 1 is 0.848 bits per heavy atom. The largest absolute Gasteiger partial charge is 0.486 e. The molecule has 0 amide bonds. The Hall–Kier alpha value is -3.16. The lowest BCUT2D eigenvalue weighted by atomic mass is 9.98. The van der Waals surface area contributed by atoms with Crippen molar-refractivity contribution >= 4 is 21.1 Å². The molecule has 2 heterocycles. The quantitative estimate of drug-likeness (QED) is 0.400. The average Bonchev–Trinajstić information content (AvgIpc) is 3.21. The van der Waals surface area contributed by atoms with Gasteiger partial charge in [-0.05, 0) is 55.2 Å². The topological polar surface area (TPSA) is 64.4 Å². The van der Waals surface area contributed by atoms with E-state index in [-0.39, 0.29) is 0 Å². The molecule has 170 valence electrons. The minimum Gasteiger partial charge on any atom is -0.486 e. The van der Waals surface area contributed by atoms with Crippen molar-refractivity contribution in [2.24, 2.45) is 5.92 Å². The SMILES string of the molecule is O=S(=O)(c1ccccc1)N1CCC(Cn2c(COc3ccccc3)nc3ccccc32)CC1. The molecule has 6 nitrogen and oxygen atoms in total. The maximum absolute atomic E-state index is 13.0. The molecule has 0 radical (unpaired) electrons. The minimum absolute atomic E-state index is 0.365. The molecule has 1 fully saturated rings. The predicted molar refractivity (Wildman–Crippen MR) is 128 cm³/mol. The zero-order chi connectivity index (χ0) is 22.7. The molecule has 0 aliphatic carbocycles. The summed E-state index contributed by atoms with van der Waals surface area (Å²) in [5, 5.41) is 0. The lowest BCUT2D eigenvalue weighted by Gasteiger charge is -2.31. The van der Waals surface area contributed by atoms with Gasteiger partial charge in [0.05, 0.1) is 15.9 Å². The zero-order valence-corrected chi connectivity index (χ0v) is 19.2. The summed E-state index contributed by atoms with van der Waals surface area (Å²) >= 11 is 0. The summed E-state index contributed by atoms with van der Waals surface area (Å²) in [6, 6.07) is 26.6. The molecule has 5 rings (SSSR count). The molecule has 0 spiro atoms. The van der Waals surface area contributed by atoms with Crippen LogP contribution >= 0.6 is 0 Å². The minimum atomic E-state index is -3.44. The molecule has 1 aromatic heterocycles. The number of hydrogen-bond donors (Lipinski definition) is 0. The van der Waals surface area contributed by atoms with Crippen molar-refractivity contribution in [1.82, 2.24) is 13.9 Å². The number of para-hydroxylation sites is 3. The van der Waals surface area contributed by atoms with Crippen LogP contribution in [0.3, 0.4) is 0 Å². The Morgan fingerprint density at radius 3 is 2.21 bits per heavy atom. The first kappa shape index (κ1) is 21.7. The van der Waals surface area contributed by atoms with Crippen LogP contribution in [-0.4, -0.2) is 35.4 Å². The Kier molecular flexibility index (Phi) is 6.15. The Bertz CT molecular complexity index is 1310. The molecular formula is C26H27N3O3S. The van der Waals surface area contributed by atoms with Crippen LogP contribution in [0.15, 0.2) is 89.8 Å². The number of sulfonamides is 1. The number of fused-ring (bicyclic) bond motifs is 1. The summed E-state index contributed by atoms with van der Waals surface area (Å²) in [4.78, 5) is 5.18. The first-order valence-electron chi connectivity index (χ1n) is 11.3. The highest BCUT2D eigenvalue weighted by Gasteiger charge is 2.30. The van der Waals surface area contributed by atoms with Crippen molar-refractivity contribution < 1.29 is 13.2 Å². The number of hydrogen-bond acceptors (Lipinski definition) is 4. The van der Waals surface area contributed by atoms with Gasteiger partial charge in [-0.3, -0.25) is 0 Å². The van der Waals surface area contributed by atoms with E-state index in [0.29, 0.717) is 30.5 Å². The van der Waals surface area contributed by atoms with E-state index in [1.54, 1.807) is 28.6 Å². The van der Waals surface area contributed by atoms with E-state index in [4.69, 9.17) is 9.72 Å². The Morgan fingerprint density at radius 2 is 1.48 bits per heavy atom. The number of aromatic nitrogens is 2.